The molecule has 0 aliphatic carbocycles. The summed E-state index contributed by atoms with van der Waals surface area (Å²) in [5, 5.41) is 52.6. The maximum Gasteiger partial charge on any atom is 0.475 e. The van der Waals surface area contributed by atoms with Gasteiger partial charge in [-0.05, 0) is 19.9 Å². The van der Waals surface area contributed by atoms with Crippen molar-refractivity contribution in [2.45, 2.75) is 75.1 Å². The van der Waals surface area contributed by atoms with Gasteiger partial charge in [0.25, 0.3) is 5.79 Å². The number of phosphoric acid groups is 1. The average molecular weight is 540 g/mol. The van der Waals surface area contributed by atoms with E-state index in [0.717, 1.165) is 10.8 Å². The second-order valence-electron chi connectivity index (χ2n) is 8.47. The Labute approximate surface area is 203 Å². The number of anilines is 1. The number of carboxylic acids is 1. The van der Waals surface area contributed by atoms with Gasteiger partial charge in [0, 0.05) is 12.6 Å². The molecule has 18 heteroatoms. The van der Waals surface area contributed by atoms with E-state index in [-0.39, 0.29) is 5.82 Å². The van der Waals surface area contributed by atoms with Crippen molar-refractivity contribution in [1.82, 2.24) is 14.9 Å². The van der Waals surface area contributed by atoms with Crippen LogP contribution in [0, 0.1) is 0 Å². The van der Waals surface area contributed by atoms with Gasteiger partial charge in [0.1, 0.15) is 30.4 Å². The molecule has 1 aromatic rings. The van der Waals surface area contributed by atoms with Crippen molar-refractivity contribution in [2.24, 2.45) is 0 Å². The molecule has 204 valence electrons. The number of aliphatic hydroxyl groups is 4. The van der Waals surface area contributed by atoms with Crippen LogP contribution >= 0.6 is 7.82 Å². The first-order chi connectivity index (χ1) is 16.7. The lowest BCUT2D eigenvalue weighted by Crippen LogP contribution is -2.63. The zero-order valence-corrected chi connectivity index (χ0v) is 20.0. The third kappa shape index (κ3) is 6.09. The number of hydrogen-bond donors (Lipinski definition) is 8. The van der Waals surface area contributed by atoms with Crippen LogP contribution in [0.5, 0.6) is 0 Å². The Bertz CT molecular complexity index is 1040. The predicted octanol–water partition coefficient (Wildman–Crippen LogP) is -3.17. The molecule has 2 saturated heterocycles. The molecule has 0 bridgehead atoms. The van der Waals surface area contributed by atoms with E-state index < -0.39 is 87.3 Å². The van der Waals surface area contributed by atoms with Crippen LogP contribution in [0.15, 0.2) is 17.1 Å². The van der Waals surface area contributed by atoms with Gasteiger partial charge in [-0.3, -0.25) is 14.4 Å². The molecule has 0 saturated carbocycles. The Kier molecular flexibility index (Phi) is 8.54. The van der Waals surface area contributed by atoms with E-state index in [4.69, 9.17) is 24.3 Å². The van der Waals surface area contributed by atoms with E-state index in [0.29, 0.717) is 0 Å². The topological polar surface area (TPSA) is 265 Å². The summed E-state index contributed by atoms with van der Waals surface area (Å²) in [5.41, 5.74) is 4.52. The number of rotatable bonds is 9. The monoisotopic (exact) mass is 540 g/mol. The minimum Gasteiger partial charge on any atom is -0.477 e. The highest BCUT2D eigenvalue weighted by Gasteiger charge is 2.56. The van der Waals surface area contributed by atoms with Gasteiger partial charge >= 0.3 is 19.5 Å². The van der Waals surface area contributed by atoms with Crippen molar-refractivity contribution < 1.29 is 58.3 Å². The maximum atomic E-state index is 12.6. The molecule has 0 spiro atoms. The first-order valence-electron chi connectivity index (χ1n) is 10.7. The predicted molar refractivity (Wildman–Crippen MR) is 116 cm³/mol. The number of aliphatic hydroxyl groups excluding tert-OH is 4. The number of nitrogens with one attached hydrogen (secondary N) is 1. The Balaban J connectivity index is 1.69. The molecule has 2 aliphatic heterocycles. The van der Waals surface area contributed by atoms with Crippen LogP contribution < -0.4 is 16.7 Å². The molecule has 0 radical (unpaired) electrons. The highest BCUT2D eigenvalue weighted by Crippen LogP contribution is 2.51. The standard InChI is InChI=1S/C18H29N4O13P/c1-7-12(20-8(2)23)9(24)5-18(34-7,16(27)28)35-36(30,31)32-6-10-13(25)14(26)15(33-10)22-4-3-11(19)21-17(22)29/h3-4,7-10,12-15,20,23-26H,5-6H2,1-2H3,(H,27,28)(H,30,31)(H2,19,21,29)/t7?,8?,9?,10?,12?,13-,14-,15?,18?/m1/s1. The highest BCUT2D eigenvalue weighted by molar-refractivity contribution is 7.47. The van der Waals surface area contributed by atoms with Gasteiger partial charge < -0.3 is 45.6 Å². The highest BCUT2D eigenvalue weighted by atomic mass is 31.2. The van der Waals surface area contributed by atoms with Crippen LogP contribution in [0.1, 0.15) is 26.5 Å². The van der Waals surface area contributed by atoms with E-state index in [9.17, 15) is 44.6 Å². The zero-order chi connectivity index (χ0) is 27.0. The van der Waals surface area contributed by atoms with Crippen LogP contribution in [-0.2, 0) is 27.9 Å². The molecule has 2 fully saturated rings. The summed E-state index contributed by atoms with van der Waals surface area (Å²) >= 11 is 0. The summed E-state index contributed by atoms with van der Waals surface area (Å²) < 4.78 is 33.8. The number of nitrogen functional groups attached to an aromatic ring is 1. The molecule has 9 N–H and O–H groups in total. The number of nitrogens with zero attached hydrogens (tertiary/aromatic N) is 2. The van der Waals surface area contributed by atoms with Crippen molar-refractivity contribution in [2.75, 3.05) is 12.3 Å². The first-order valence-corrected chi connectivity index (χ1v) is 12.2. The fourth-order valence-electron chi connectivity index (χ4n) is 3.99. The molecule has 1 aromatic heterocycles. The van der Waals surface area contributed by atoms with Gasteiger partial charge in [-0.25, -0.2) is 18.7 Å². The molecular weight excluding hydrogens is 511 g/mol. The first kappa shape index (κ1) is 28.5. The fourth-order valence-corrected chi connectivity index (χ4v) is 4.95. The summed E-state index contributed by atoms with van der Waals surface area (Å²) in [6, 6.07) is 0.321. The second kappa shape index (κ2) is 10.8. The lowest BCUT2D eigenvalue weighted by molar-refractivity contribution is -0.268. The van der Waals surface area contributed by atoms with Crippen molar-refractivity contribution >= 4 is 19.6 Å². The van der Waals surface area contributed by atoms with E-state index in [2.05, 4.69) is 10.3 Å². The number of carbonyl (C=O) groups is 1. The molecule has 10 atom stereocenters. The number of nitrogens with two attached hydrogens (primary N) is 1. The second-order valence-corrected chi connectivity index (χ2v) is 9.84. The van der Waals surface area contributed by atoms with Gasteiger partial charge in [0.05, 0.1) is 24.9 Å². The maximum absolute atomic E-state index is 12.6. The molecular formula is C18H29N4O13P. The van der Waals surface area contributed by atoms with Crippen LogP contribution in [0.3, 0.4) is 0 Å². The average Bonchev–Trinajstić information content (AvgIpc) is 3.03. The third-order valence-corrected chi connectivity index (χ3v) is 6.66. The summed E-state index contributed by atoms with van der Waals surface area (Å²) in [4.78, 5) is 37.6. The molecule has 0 aromatic carbocycles. The number of ether oxygens (including phenoxy) is 2. The molecule has 3 rings (SSSR count). The largest absolute Gasteiger partial charge is 0.477 e. The van der Waals surface area contributed by atoms with Gasteiger partial charge in [-0.1, -0.05) is 0 Å². The Morgan fingerprint density at radius 1 is 1.42 bits per heavy atom. The number of aromatic nitrogens is 2. The summed E-state index contributed by atoms with van der Waals surface area (Å²) in [6.07, 6.45) is -9.51. The van der Waals surface area contributed by atoms with Crippen molar-refractivity contribution in [1.29, 1.82) is 0 Å². The van der Waals surface area contributed by atoms with Crippen LogP contribution in [0.4, 0.5) is 5.82 Å². The van der Waals surface area contributed by atoms with E-state index >= 15 is 0 Å². The smallest absolute Gasteiger partial charge is 0.475 e. The van der Waals surface area contributed by atoms with E-state index in [1.807, 2.05) is 0 Å². The van der Waals surface area contributed by atoms with Gasteiger partial charge in [0.15, 0.2) is 6.23 Å². The summed E-state index contributed by atoms with van der Waals surface area (Å²) in [7, 11) is -5.24. The molecule has 36 heavy (non-hydrogen) atoms. The number of phosphoric ester groups is 1. The number of hydrogen-bond acceptors (Lipinski definition) is 14. The quantitative estimate of drug-likeness (QED) is 0.113. The van der Waals surface area contributed by atoms with Crippen LogP contribution in [-0.4, -0.2) is 101 Å². The van der Waals surface area contributed by atoms with Crippen molar-refractivity contribution in [3.05, 3.63) is 22.7 Å². The Hall–Kier alpha value is -2.02. The molecule has 2 aliphatic rings. The minimum atomic E-state index is -5.24. The minimum absolute atomic E-state index is 0.0905. The fraction of sp³-hybridized carbons (Fsp3) is 0.722. The van der Waals surface area contributed by atoms with Gasteiger partial charge in [-0.2, -0.15) is 4.98 Å². The zero-order valence-electron chi connectivity index (χ0n) is 19.1. The van der Waals surface area contributed by atoms with Gasteiger partial charge in [-0.15, -0.1) is 0 Å². The number of aliphatic carboxylic acids is 1. The van der Waals surface area contributed by atoms with Crippen molar-refractivity contribution in [3.63, 3.8) is 0 Å². The molecule has 17 nitrogen and oxygen atoms in total. The molecule has 3 heterocycles. The molecule has 0 amide bonds. The van der Waals surface area contributed by atoms with E-state index in [1.165, 1.54) is 19.9 Å². The normalized spacial score (nSPS) is 37.4. The van der Waals surface area contributed by atoms with Crippen LogP contribution in [0.2, 0.25) is 0 Å². The molecule has 8 unspecified atom stereocenters. The lowest BCUT2D eigenvalue weighted by Gasteiger charge is -2.44. The third-order valence-electron chi connectivity index (χ3n) is 5.66. The van der Waals surface area contributed by atoms with Crippen molar-refractivity contribution in [3.8, 4) is 0 Å². The SMILES string of the molecule is CC(O)NC1C(O)CC(OP(=O)(O)OCC2OC(n3ccc(N)nc3=O)[C@H](O)[C@@H]2O)(C(=O)O)OC1C. The Morgan fingerprint density at radius 3 is 2.64 bits per heavy atom. The summed E-state index contributed by atoms with van der Waals surface area (Å²) in [5.74, 6) is -4.71. The van der Waals surface area contributed by atoms with E-state index in [1.54, 1.807) is 0 Å². The van der Waals surface area contributed by atoms with Crippen LogP contribution in [0.25, 0.3) is 0 Å². The van der Waals surface area contributed by atoms with Gasteiger partial charge in [0.2, 0.25) is 0 Å². The lowest BCUT2D eigenvalue weighted by atomic mass is 9.94. The summed E-state index contributed by atoms with van der Waals surface area (Å²) in [6.45, 7) is 1.84. The Morgan fingerprint density at radius 2 is 2.08 bits per heavy atom. The number of carboxylic acid groups (broad SMARTS) is 1.